The number of carbonyl (C=O) groups excluding carboxylic acids is 1. The van der Waals surface area contributed by atoms with Crippen LogP contribution in [0.15, 0.2) is 63.9 Å². The van der Waals surface area contributed by atoms with Crippen LogP contribution in [-0.2, 0) is 6.54 Å². The molecule has 0 aliphatic heterocycles. The molecular weight excluding hydrogens is 299 g/mol. The highest BCUT2D eigenvalue weighted by Gasteiger charge is 2.08. The zero-order chi connectivity index (χ0) is 16.2. The maximum absolute atomic E-state index is 12.9. The van der Waals surface area contributed by atoms with Crippen molar-refractivity contribution in [3.63, 3.8) is 0 Å². The summed E-state index contributed by atoms with van der Waals surface area (Å²) in [5.41, 5.74) is 0.844. The minimum absolute atomic E-state index is 0.207. The number of H-pyrrole nitrogens is 1. The van der Waals surface area contributed by atoms with Crippen LogP contribution in [-0.4, -0.2) is 10.9 Å². The van der Waals surface area contributed by atoms with Gasteiger partial charge in [0.1, 0.15) is 17.3 Å². The van der Waals surface area contributed by atoms with E-state index in [4.69, 9.17) is 4.42 Å². The third-order valence-corrected chi connectivity index (χ3v) is 3.26. The largest absolute Gasteiger partial charge is 0.459 e. The first-order valence-electron chi connectivity index (χ1n) is 6.93. The Kier molecular flexibility index (Phi) is 4.05. The molecule has 0 bridgehead atoms. The first-order valence-corrected chi connectivity index (χ1v) is 6.93. The number of hydrogen-bond donors (Lipinski definition) is 2. The van der Waals surface area contributed by atoms with Crippen LogP contribution in [0.3, 0.4) is 0 Å². The van der Waals surface area contributed by atoms with Crippen LogP contribution in [0.4, 0.5) is 4.39 Å². The van der Waals surface area contributed by atoms with E-state index in [1.165, 1.54) is 30.5 Å². The lowest BCUT2D eigenvalue weighted by Gasteiger charge is -2.03. The summed E-state index contributed by atoms with van der Waals surface area (Å²) in [6, 6.07) is 12.2. The zero-order valence-electron chi connectivity index (χ0n) is 12.0. The fraction of sp³-hybridized carbons (Fsp3) is 0.0588. The van der Waals surface area contributed by atoms with E-state index < -0.39 is 0 Å². The zero-order valence-corrected chi connectivity index (χ0v) is 12.0. The molecule has 116 valence electrons. The van der Waals surface area contributed by atoms with Gasteiger partial charge in [0.05, 0.1) is 12.1 Å². The summed E-state index contributed by atoms with van der Waals surface area (Å²) >= 11 is 0. The van der Waals surface area contributed by atoms with E-state index in [-0.39, 0.29) is 23.8 Å². The van der Waals surface area contributed by atoms with Crippen LogP contribution in [0.5, 0.6) is 0 Å². The second-order valence-electron chi connectivity index (χ2n) is 4.90. The molecule has 0 aliphatic carbocycles. The van der Waals surface area contributed by atoms with Gasteiger partial charge < -0.3 is 14.7 Å². The van der Waals surface area contributed by atoms with Crippen LogP contribution in [0.25, 0.3) is 11.3 Å². The number of nitrogens with one attached hydrogen (secondary N) is 2. The van der Waals surface area contributed by atoms with Crippen molar-refractivity contribution in [3.8, 4) is 11.3 Å². The van der Waals surface area contributed by atoms with Crippen molar-refractivity contribution in [1.82, 2.24) is 10.3 Å². The molecule has 0 unspecified atom stereocenters. The highest BCUT2D eigenvalue weighted by Crippen LogP contribution is 2.22. The summed E-state index contributed by atoms with van der Waals surface area (Å²) in [4.78, 5) is 25.3. The van der Waals surface area contributed by atoms with E-state index in [1.807, 2.05) is 0 Å². The van der Waals surface area contributed by atoms with Gasteiger partial charge in [0.2, 0.25) is 5.56 Å². The van der Waals surface area contributed by atoms with Gasteiger partial charge in [0.15, 0.2) is 0 Å². The molecule has 0 saturated carbocycles. The van der Waals surface area contributed by atoms with Crippen molar-refractivity contribution in [2.24, 2.45) is 0 Å². The second kappa shape index (κ2) is 6.31. The summed E-state index contributed by atoms with van der Waals surface area (Å²) in [6.07, 6.45) is 1.35. The summed E-state index contributed by atoms with van der Waals surface area (Å²) in [5.74, 6) is 0.537. The Hall–Kier alpha value is -3.15. The first kappa shape index (κ1) is 14.8. The Morgan fingerprint density at radius 1 is 1.09 bits per heavy atom. The molecule has 23 heavy (non-hydrogen) atoms. The molecule has 3 rings (SSSR count). The summed E-state index contributed by atoms with van der Waals surface area (Å²) < 4.78 is 18.5. The summed E-state index contributed by atoms with van der Waals surface area (Å²) in [7, 11) is 0. The molecule has 0 spiro atoms. The SMILES string of the molecule is O=C(NCc1ccc(-c2ccc(F)cc2)o1)c1ccc(=O)[nH]c1. The average Bonchev–Trinajstić information content (AvgIpc) is 3.03. The molecule has 0 fully saturated rings. The van der Waals surface area contributed by atoms with E-state index >= 15 is 0 Å². The van der Waals surface area contributed by atoms with Gasteiger partial charge >= 0.3 is 0 Å². The number of amides is 1. The minimum atomic E-state index is -0.319. The Balaban J connectivity index is 1.65. The molecule has 2 heterocycles. The van der Waals surface area contributed by atoms with Gasteiger partial charge in [0.25, 0.3) is 5.91 Å². The van der Waals surface area contributed by atoms with E-state index in [2.05, 4.69) is 10.3 Å². The van der Waals surface area contributed by atoms with Gasteiger partial charge in [-0.15, -0.1) is 0 Å². The van der Waals surface area contributed by atoms with Crippen LogP contribution in [0.1, 0.15) is 16.1 Å². The number of pyridine rings is 1. The number of benzene rings is 1. The van der Waals surface area contributed by atoms with Crippen molar-refractivity contribution < 1.29 is 13.6 Å². The first-order chi connectivity index (χ1) is 11.1. The molecule has 2 N–H and O–H groups in total. The fourth-order valence-corrected chi connectivity index (χ4v) is 2.06. The van der Waals surface area contributed by atoms with Crippen LogP contribution >= 0.6 is 0 Å². The topological polar surface area (TPSA) is 75.1 Å². The van der Waals surface area contributed by atoms with E-state index in [9.17, 15) is 14.0 Å². The van der Waals surface area contributed by atoms with Crippen LogP contribution in [0.2, 0.25) is 0 Å². The molecule has 0 atom stereocenters. The predicted molar refractivity (Wildman–Crippen MR) is 82.3 cm³/mol. The Bertz CT molecular complexity index is 861. The van der Waals surface area contributed by atoms with E-state index in [1.54, 1.807) is 24.3 Å². The Morgan fingerprint density at radius 2 is 1.87 bits per heavy atom. The molecule has 0 saturated heterocycles. The van der Waals surface area contributed by atoms with Crippen LogP contribution < -0.4 is 10.9 Å². The number of rotatable bonds is 4. The summed E-state index contributed by atoms with van der Waals surface area (Å²) in [5, 5.41) is 2.69. The van der Waals surface area contributed by atoms with Gasteiger partial charge in [-0.1, -0.05) is 0 Å². The second-order valence-corrected chi connectivity index (χ2v) is 4.90. The van der Waals surface area contributed by atoms with E-state index in [0.717, 1.165) is 5.56 Å². The highest BCUT2D eigenvalue weighted by molar-refractivity contribution is 5.93. The van der Waals surface area contributed by atoms with Gasteiger partial charge in [-0.25, -0.2) is 4.39 Å². The van der Waals surface area contributed by atoms with E-state index in [0.29, 0.717) is 17.1 Å². The molecule has 0 radical (unpaired) electrons. The number of aromatic amines is 1. The van der Waals surface area contributed by atoms with Gasteiger partial charge in [-0.2, -0.15) is 0 Å². The van der Waals surface area contributed by atoms with Crippen LogP contribution in [0, 0.1) is 5.82 Å². The van der Waals surface area contributed by atoms with Crippen molar-refractivity contribution in [3.05, 3.63) is 82.2 Å². The normalized spacial score (nSPS) is 10.5. The third kappa shape index (κ3) is 3.55. The van der Waals surface area contributed by atoms with Crippen molar-refractivity contribution in [2.45, 2.75) is 6.54 Å². The average molecular weight is 312 g/mol. The Morgan fingerprint density at radius 3 is 2.57 bits per heavy atom. The molecule has 6 heteroatoms. The Labute approximate surface area is 130 Å². The maximum atomic E-state index is 12.9. The lowest BCUT2D eigenvalue weighted by molar-refractivity contribution is 0.0947. The standard InChI is InChI=1S/C17H13FN2O3/c18-13-4-1-11(2-5-13)15-7-6-14(23-15)10-20-17(22)12-3-8-16(21)19-9-12/h1-9H,10H2,(H,19,21)(H,20,22). The molecule has 3 aromatic rings. The van der Waals surface area contributed by atoms with Gasteiger partial charge in [-0.3, -0.25) is 9.59 Å². The molecule has 2 aromatic heterocycles. The van der Waals surface area contributed by atoms with Gasteiger partial charge in [0, 0.05) is 17.8 Å². The molecule has 5 nitrogen and oxygen atoms in total. The third-order valence-electron chi connectivity index (χ3n) is 3.26. The smallest absolute Gasteiger partial charge is 0.253 e. The minimum Gasteiger partial charge on any atom is -0.459 e. The molecule has 0 aliphatic rings. The lowest BCUT2D eigenvalue weighted by atomic mass is 10.2. The molecular formula is C17H13FN2O3. The maximum Gasteiger partial charge on any atom is 0.253 e. The quantitative estimate of drug-likeness (QED) is 0.778. The van der Waals surface area contributed by atoms with Crippen molar-refractivity contribution in [2.75, 3.05) is 0 Å². The fourth-order valence-electron chi connectivity index (χ4n) is 2.06. The molecule has 1 aromatic carbocycles. The monoisotopic (exact) mass is 312 g/mol. The number of halogens is 1. The molecule has 1 amide bonds. The van der Waals surface area contributed by atoms with Gasteiger partial charge in [-0.05, 0) is 42.5 Å². The van der Waals surface area contributed by atoms with Crippen molar-refractivity contribution in [1.29, 1.82) is 0 Å². The highest BCUT2D eigenvalue weighted by atomic mass is 19.1. The number of aromatic nitrogens is 1. The number of furan rings is 1. The summed E-state index contributed by atoms with van der Waals surface area (Å²) in [6.45, 7) is 0.207. The lowest BCUT2D eigenvalue weighted by Crippen LogP contribution is -2.23. The number of carbonyl (C=O) groups is 1. The predicted octanol–water partition coefficient (Wildman–Crippen LogP) is 2.70. The van der Waals surface area contributed by atoms with Crippen molar-refractivity contribution >= 4 is 5.91 Å². The number of hydrogen-bond acceptors (Lipinski definition) is 3.